The first kappa shape index (κ1) is 12.5. The zero-order chi connectivity index (χ0) is 11.3. The van der Waals surface area contributed by atoms with Crippen molar-refractivity contribution in [3.63, 3.8) is 0 Å². The normalized spacial score (nSPS) is 31.5. The summed E-state index contributed by atoms with van der Waals surface area (Å²) in [5.74, 6) is -0.302. The zero-order valence-electron chi connectivity index (χ0n) is 9.74. The van der Waals surface area contributed by atoms with E-state index in [0.29, 0.717) is 12.5 Å². The van der Waals surface area contributed by atoms with E-state index in [9.17, 15) is 4.79 Å². The van der Waals surface area contributed by atoms with Gasteiger partial charge in [0.25, 0.3) is 0 Å². The van der Waals surface area contributed by atoms with Gasteiger partial charge in [-0.1, -0.05) is 19.8 Å². The van der Waals surface area contributed by atoms with Crippen molar-refractivity contribution in [1.82, 2.24) is 0 Å². The Balaban J connectivity index is 2.52. The molecule has 3 nitrogen and oxygen atoms in total. The zero-order valence-corrected chi connectivity index (χ0v) is 9.74. The van der Waals surface area contributed by atoms with E-state index in [4.69, 9.17) is 9.84 Å². The first-order valence-electron chi connectivity index (χ1n) is 6.03. The molecule has 1 aliphatic carbocycles. The summed E-state index contributed by atoms with van der Waals surface area (Å²) in [6.07, 6.45) is 5.09. The van der Waals surface area contributed by atoms with E-state index in [0.717, 1.165) is 19.3 Å². The average molecular weight is 214 g/mol. The number of rotatable bonds is 5. The Labute approximate surface area is 91.8 Å². The van der Waals surface area contributed by atoms with Crippen LogP contribution in [0.2, 0.25) is 0 Å². The number of ether oxygens (including phenoxy) is 1. The molecule has 0 radical (unpaired) electrons. The Kier molecular flexibility index (Phi) is 5.09. The van der Waals surface area contributed by atoms with Gasteiger partial charge in [0.2, 0.25) is 0 Å². The summed E-state index contributed by atoms with van der Waals surface area (Å²) in [4.78, 5) is 11.0. The molecule has 1 N–H and O–H groups in total. The Morgan fingerprint density at radius 3 is 2.67 bits per heavy atom. The molecule has 0 amide bonds. The molecule has 15 heavy (non-hydrogen) atoms. The van der Waals surface area contributed by atoms with Gasteiger partial charge in [-0.2, -0.15) is 0 Å². The van der Waals surface area contributed by atoms with Gasteiger partial charge in [0.15, 0.2) is 0 Å². The standard InChI is InChI=1S/C12H22O3/c1-3-5-9-6-7-10(12(13)14)11(8-9)15-4-2/h9-11H,3-8H2,1-2H3,(H,13,14). The van der Waals surface area contributed by atoms with Gasteiger partial charge in [-0.25, -0.2) is 0 Å². The summed E-state index contributed by atoms with van der Waals surface area (Å²) in [6.45, 7) is 4.73. The number of aliphatic carboxylic acids is 1. The monoisotopic (exact) mass is 214 g/mol. The van der Waals surface area contributed by atoms with Crippen LogP contribution in [-0.2, 0) is 9.53 Å². The van der Waals surface area contributed by atoms with E-state index in [1.807, 2.05) is 6.92 Å². The highest BCUT2D eigenvalue weighted by molar-refractivity contribution is 5.70. The summed E-state index contributed by atoms with van der Waals surface area (Å²) in [6, 6.07) is 0. The number of carbonyl (C=O) groups is 1. The summed E-state index contributed by atoms with van der Waals surface area (Å²) < 4.78 is 5.55. The number of hydrogen-bond acceptors (Lipinski definition) is 2. The quantitative estimate of drug-likeness (QED) is 0.765. The Bertz CT molecular complexity index is 203. The van der Waals surface area contributed by atoms with Crippen LogP contribution in [0.1, 0.15) is 46.0 Å². The van der Waals surface area contributed by atoms with Crippen molar-refractivity contribution in [2.45, 2.75) is 52.1 Å². The topological polar surface area (TPSA) is 46.5 Å². The maximum Gasteiger partial charge on any atom is 0.309 e. The summed E-state index contributed by atoms with van der Waals surface area (Å²) >= 11 is 0. The second-order valence-corrected chi connectivity index (χ2v) is 4.41. The largest absolute Gasteiger partial charge is 0.481 e. The number of carboxylic acid groups (broad SMARTS) is 1. The van der Waals surface area contributed by atoms with Crippen LogP contribution in [0.5, 0.6) is 0 Å². The molecule has 0 spiro atoms. The van der Waals surface area contributed by atoms with Gasteiger partial charge in [-0.15, -0.1) is 0 Å². The molecule has 88 valence electrons. The Hall–Kier alpha value is -0.570. The van der Waals surface area contributed by atoms with Crippen LogP contribution in [0, 0.1) is 11.8 Å². The summed E-state index contributed by atoms with van der Waals surface area (Å²) in [5, 5.41) is 9.07. The lowest BCUT2D eigenvalue weighted by Crippen LogP contribution is -2.36. The minimum atomic E-state index is -0.691. The van der Waals surface area contributed by atoms with Crippen molar-refractivity contribution in [1.29, 1.82) is 0 Å². The van der Waals surface area contributed by atoms with Crippen LogP contribution >= 0.6 is 0 Å². The van der Waals surface area contributed by atoms with Crippen LogP contribution < -0.4 is 0 Å². The molecule has 1 saturated carbocycles. The lowest BCUT2D eigenvalue weighted by atomic mass is 9.78. The molecule has 1 fully saturated rings. The average Bonchev–Trinajstić information content (AvgIpc) is 2.18. The second-order valence-electron chi connectivity index (χ2n) is 4.41. The molecule has 3 atom stereocenters. The molecule has 0 aromatic heterocycles. The van der Waals surface area contributed by atoms with E-state index >= 15 is 0 Å². The van der Waals surface area contributed by atoms with Crippen molar-refractivity contribution in [2.75, 3.05) is 6.61 Å². The van der Waals surface area contributed by atoms with Crippen molar-refractivity contribution in [2.24, 2.45) is 11.8 Å². The van der Waals surface area contributed by atoms with E-state index in [-0.39, 0.29) is 12.0 Å². The molecule has 3 heteroatoms. The van der Waals surface area contributed by atoms with Gasteiger partial charge in [0.05, 0.1) is 12.0 Å². The fourth-order valence-corrected chi connectivity index (χ4v) is 2.56. The molecule has 1 aliphatic rings. The molecular formula is C12H22O3. The van der Waals surface area contributed by atoms with Gasteiger partial charge >= 0.3 is 5.97 Å². The highest BCUT2D eigenvalue weighted by atomic mass is 16.5. The minimum absolute atomic E-state index is 0.0576. The highest BCUT2D eigenvalue weighted by Crippen LogP contribution is 2.33. The van der Waals surface area contributed by atoms with Crippen LogP contribution in [0.25, 0.3) is 0 Å². The summed E-state index contributed by atoms with van der Waals surface area (Å²) in [5.41, 5.74) is 0. The SMILES string of the molecule is CCCC1CCC(C(=O)O)C(OCC)C1. The predicted octanol–water partition coefficient (Wildman–Crippen LogP) is 2.69. The van der Waals surface area contributed by atoms with Crippen LogP contribution in [0.3, 0.4) is 0 Å². The molecule has 0 aromatic rings. The Morgan fingerprint density at radius 1 is 1.40 bits per heavy atom. The van der Waals surface area contributed by atoms with Crippen molar-refractivity contribution in [3.8, 4) is 0 Å². The molecule has 3 unspecified atom stereocenters. The first-order valence-corrected chi connectivity index (χ1v) is 6.03. The molecule has 0 bridgehead atoms. The lowest BCUT2D eigenvalue weighted by Gasteiger charge is -2.33. The first-order chi connectivity index (χ1) is 7.19. The third-order valence-electron chi connectivity index (χ3n) is 3.30. The van der Waals surface area contributed by atoms with Crippen molar-refractivity contribution >= 4 is 5.97 Å². The van der Waals surface area contributed by atoms with Gasteiger partial charge in [0.1, 0.15) is 0 Å². The minimum Gasteiger partial charge on any atom is -0.481 e. The van der Waals surface area contributed by atoms with Gasteiger partial charge in [0, 0.05) is 6.61 Å². The van der Waals surface area contributed by atoms with Gasteiger partial charge < -0.3 is 9.84 Å². The molecular weight excluding hydrogens is 192 g/mol. The molecule has 0 aromatic carbocycles. The fraction of sp³-hybridized carbons (Fsp3) is 0.917. The molecule has 0 heterocycles. The maximum absolute atomic E-state index is 11.0. The highest BCUT2D eigenvalue weighted by Gasteiger charge is 2.34. The van der Waals surface area contributed by atoms with Crippen LogP contribution in [-0.4, -0.2) is 23.8 Å². The molecule has 0 aliphatic heterocycles. The maximum atomic E-state index is 11.0. The van der Waals surface area contributed by atoms with Crippen molar-refractivity contribution < 1.29 is 14.6 Å². The second kappa shape index (κ2) is 6.11. The lowest BCUT2D eigenvalue weighted by molar-refractivity contribution is -0.150. The fourth-order valence-electron chi connectivity index (χ4n) is 2.56. The van der Waals surface area contributed by atoms with E-state index < -0.39 is 5.97 Å². The molecule has 1 rings (SSSR count). The van der Waals surface area contributed by atoms with Gasteiger partial charge in [-0.05, 0) is 32.1 Å². The third-order valence-corrected chi connectivity index (χ3v) is 3.30. The smallest absolute Gasteiger partial charge is 0.309 e. The predicted molar refractivity (Wildman–Crippen MR) is 58.8 cm³/mol. The van der Waals surface area contributed by atoms with Gasteiger partial charge in [-0.3, -0.25) is 4.79 Å². The van der Waals surface area contributed by atoms with Crippen LogP contribution in [0.15, 0.2) is 0 Å². The summed E-state index contributed by atoms with van der Waals surface area (Å²) in [7, 11) is 0. The van der Waals surface area contributed by atoms with Crippen LogP contribution in [0.4, 0.5) is 0 Å². The number of hydrogen-bond donors (Lipinski definition) is 1. The Morgan fingerprint density at radius 2 is 2.13 bits per heavy atom. The van der Waals surface area contributed by atoms with E-state index in [2.05, 4.69) is 6.92 Å². The third kappa shape index (κ3) is 3.49. The van der Waals surface area contributed by atoms with Crippen molar-refractivity contribution in [3.05, 3.63) is 0 Å². The molecule has 0 saturated heterocycles. The van der Waals surface area contributed by atoms with E-state index in [1.165, 1.54) is 12.8 Å². The van der Waals surface area contributed by atoms with E-state index in [1.54, 1.807) is 0 Å². The number of carboxylic acids is 1.